The molecule has 1 aromatic rings. The highest BCUT2D eigenvalue weighted by atomic mass is 16.1. The molecule has 0 saturated carbocycles. The first kappa shape index (κ1) is 14.0. The number of amides is 1. The van der Waals surface area contributed by atoms with Gasteiger partial charge in [0.2, 0.25) is 5.91 Å². The summed E-state index contributed by atoms with van der Waals surface area (Å²) in [5, 5.41) is 0. The van der Waals surface area contributed by atoms with Crippen LogP contribution in [0.4, 0.5) is 0 Å². The molecule has 0 bridgehead atoms. The fourth-order valence-corrected chi connectivity index (χ4v) is 2.37. The Morgan fingerprint density at radius 2 is 2.16 bits per heavy atom. The lowest BCUT2D eigenvalue weighted by atomic mass is 9.99. The first-order valence-corrected chi connectivity index (χ1v) is 6.57. The van der Waals surface area contributed by atoms with Crippen LogP contribution in [0.3, 0.4) is 0 Å². The van der Waals surface area contributed by atoms with Crippen LogP contribution in [-0.2, 0) is 6.54 Å². The van der Waals surface area contributed by atoms with Gasteiger partial charge in [-0.2, -0.15) is 0 Å². The number of rotatable bonds is 3. The largest absolute Gasteiger partial charge is 0.366 e. The summed E-state index contributed by atoms with van der Waals surface area (Å²) in [5.41, 5.74) is 6.83. The van der Waals surface area contributed by atoms with Crippen LogP contribution in [-0.4, -0.2) is 52.9 Å². The van der Waals surface area contributed by atoms with Crippen LogP contribution in [0.25, 0.3) is 0 Å². The molecule has 1 aliphatic rings. The molecular weight excluding hydrogens is 240 g/mol. The van der Waals surface area contributed by atoms with Gasteiger partial charge in [-0.3, -0.25) is 19.6 Å². The maximum Gasteiger partial charge on any atom is 0.250 e. The van der Waals surface area contributed by atoms with Crippen LogP contribution in [0.5, 0.6) is 0 Å². The summed E-state index contributed by atoms with van der Waals surface area (Å²) in [4.78, 5) is 20.1. The molecule has 2 rings (SSSR count). The molecule has 0 spiro atoms. The fraction of sp³-hybridized carbons (Fsp3) is 0.571. The average molecular weight is 262 g/mol. The lowest BCUT2D eigenvalue weighted by Gasteiger charge is -2.45. The SMILES string of the molecule is CN1CCN(Cc2ccc(C(N)=O)cn2)CC1(C)C. The van der Waals surface area contributed by atoms with Crippen molar-refractivity contribution in [1.82, 2.24) is 14.8 Å². The number of nitrogens with zero attached hydrogens (tertiary/aromatic N) is 3. The topological polar surface area (TPSA) is 62.5 Å². The molecule has 0 aromatic carbocycles. The second-order valence-corrected chi connectivity index (χ2v) is 5.85. The van der Waals surface area contributed by atoms with Crippen molar-refractivity contribution in [2.45, 2.75) is 25.9 Å². The molecule has 2 heterocycles. The zero-order chi connectivity index (χ0) is 14.0. The van der Waals surface area contributed by atoms with E-state index in [0.717, 1.165) is 31.9 Å². The van der Waals surface area contributed by atoms with Crippen molar-refractivity contribution >= 4 is 5.91 Å². The van der Waals surface area contributed by atoms with Gasteiger partial charge in [-0.1, -0.05) is 0 Å². The van der Waals surface area contributed by atoms with E-state index in [1.54, 1.807) is 12.3 Å². The Balaban J connectivity index is 2.00. The second-order valence-electron chi connectivity index (χ2n) is 5.85. The quantitative estimate of drug-likeness (QED) is 0.871. The number of nitrogens with two attached hydrogens (primary N) is 1. The zero-order valence-corrected chi connectivity index (χ0v) is 11.9. The molecule has 2 N–H and O–H groups in total. The van der Waals surface area contributed by atoms with E-state index in [0.29, 0.717) is 5.56 Å². The average Bonchev–Trinajstić information content (AvgIpc) is 2.34. The fourth-order valence-electron chi connectivity index (χ4n) is 2.37. The van der Waals surface area contributed by atoms with Gasteiger partial charge in [0.15, 0.2) is 0 Å². The van der Waals surface area contributed by atoms with Crippen LogP contribution in [0.2, 0.25) is 0 Å². The van der Waals surface area contributed by atoms with Gasteiger partial charge in [0.05, 0.1) is 11.3 Å². The molecule has 5 nitrogen and oxygen atoms in total. The van der Waals surface area contributed by atoms with E-state index in [1.807, 2.05) is 6.07 Å². The molecule has 1 saturated heterocycles. The van der Waals surface area contributed by atoms with Crippen LogP contribution in [0.15, 0.2) is 18.3 Å². The summed E-state index contributed by atoms with van der Waals surface area (Å²) in [7, 11) is 2.16. The minimum Gasteiger partial charge on any atom is -0.366 e. The number of aromatic nitrogens is 1. The molecule has 104 valence electrons. The maximum atomic E-state index is 11.0. The first-order chi connectivity index (χ1) is 8.88. The Hall–Kier alpha value is -1.46. The Labute approximate surface area is 114 Å². The van der Waals surface area contributed by atoms with E-state index in [9.17, 15) is 4.79 Å². The maximum absolute atomic E-state index is 11.0. The monoisotopic (exact) mass is 262 g/mol. The highest BCUT2D eigenvalue weighted by Crippen LogP contribution is 2.19. The number of piperazine rings is 1. The Kier molecular flexibility index (Phi) is 3.87. The van der Waals surface area contributed by atoms with Gasteiger partial charge in [-0.15, -0.1) is 0 Å². The van der Waals surface area contributed by atoms with E-state index in [1.165, 1.54) is 0 Å². The Morgan fingerprint density at radius 1 is 1.42 bits per heavy atom. The Morgan fingerprint density at radius 3 is 2.68 bits per heavy atom. The van der Waals surface area contributed by atoms with E-state index >= 15 is 0 Å². The van der Waals surface area contributed by atoms with E-state index in [-0.39, 0.29) is 5.54 Å². The first-order valence-electron chi connectivity index (χ1n) is 6.57. The summed E-state index contributed by atoms with van der Waals surface area (Å²) in [5.74, 6) is -0.431. The van der Waals surface area contributed by atoms with E-state index < -0.39 is 5.91 Å². The van der Waals surface area contributed by atoms with E-state index in [2.05, 4.69) is 35.7 Å². The minimum absolute atomic E-state index is 0.186. The van der Waals surface area contributed by atoms with Crippen molar-refractivity contribution in [2.75, 3.05) is 26.7 Å². The van der Waals surface area contributed by atoms with Crippen molar-refractivity contribution in [2.24, 2.45) is 5.73 Å². The summed E-state index contributed by atoms with van der Waals surface area (Å²) in [6, 6.07) is 3.62. The third-order valence-corrected chi connectivity index (χ3v) is 3.89. The van der Waals surface area contributed by atoms with Crippen LogP contribution >= 0.6 is 0 Å². The molecule has 5 heteroatoms. The summed E-state index contributed by atoms with van der Waals surface area (Å²) in [6.07, 6.45) is 1.55. The molecular formula is C14H22N4O. The van der Waals surface area contributed by atoms with Crippen molar-refractivity contribution in [3.8, 4) is 0 Å². The van der Waals surface area contributed by atoms with Gasteiger partial charge in [0.25, 0.3) is 0 Å². The number of carbonyl (C=O) groups is 1. The molecule has 0 atom stereocenters. The van der Waals surface area contributed by atoms with Crippen LogP contribution < -0.4 is 5.73 Å². The van der Waals surface area contributed by atoms with Gasteiger partial charge >= 0.3 is 0 Å². The van der Waals surface area contributed by atoms with Gasteiger partial charge in [-0.25, -0.2) is 0 Å². The number of carbonyl (C=O) groups excluding carboxylic acids is 1. The summed E-state index contributed by atoms with van der Waals surface area (Å²) >= 11 is 0. The van der Waals surface area contributed by atoms with Gasteiger partial charge < -0.3 is 5.73 Å². The standard InChI is InChI=1S/C14H22N4O/c1-14(2)10-18(7-6-17(14)3)9-12-5-4-11(8-16-12)13(15)19/h4-5,8H,6-7,9-10H2,1-3H3,(H2,15,19). The van der Waals surface area contributed by atoms with Crippen LogP contribution in [0.1, 0.15) is 29.9 Å². The van der Waals surface area contributed by atoms with Crippen LogP contribution in [0, 0.1) is 0 Å². The van der Waals surface area contributed by atoms with Gasteiger partial charge in [0.1, 0.15) is 0 Å². The van der Waals surface area contributed by atoms with Gasteiger partial charge in [-0.05, 0) is 33.0 Å². The molecule has 1 amide bonds. The predicted octanol–water partition coefficient (Wildman–Crippen LogP) is 0.706. The Bertz CT molecular complexity index is 455. The molecule has 0 radical (unpaired) electrons. The van der Waals surface area contributed by atoms with Crippen molar-refractivity contribution in [3.05, 3.63) is 29.6 Å². The lowest BCUT2D eigenvalue weighted by Crippen LogP contribution is -2.57. The normalized spacial score (nSPS) is 20.4. The second kappa shape index (κ2) is 5.27. The zero-order valence-electron chi connectivity index (χ0n) is 11.9. The van der Waals surface area contributed by atoms with Crippen molar-refractivity contribution in [1.29, 1.82) is 0 Å². The number of primary amides is 1. The third kappa shape index (κ3) is 3.30. The summed E-state index contributed by atoms with van der Waals surface area (Å²) in [6.45, 7) is 8.44. The lowest BCUT2D eigenvalue weighted by molar-refractivity contribution is 0.0354. The summed E-state index contributed by atoms with van der Waals surface area (Å²) < 4.78 is 0. The van der Waals surface area contributed by atoms with E-state index in [4.69, 9.17) is 5.73 Å². The van der Waals surface area contributed by atoms with Crippen molar-refractivity contribution in [3.63, 3.8) is 0 Å². The number of pyridine rings is 1. The number of hydrogen-bond donors (Lipinski definition) is 1. The minimum atomic E-state index is -0.431. The highest BCUT2D eigenvalue weighted by molar-refractivity contribution is 5.92. The van der Waals surface area contributed by atoms with Gasteiger partial charge in [0, 0.05) is 37.9 Å². The number of likely N-dealkylation sites (N-methyl/N-ethyl adjacent to an activating group) is 1. The predicted molar refractivity (Wildman–Crippen MR) is 74.7 cm³/mol. The molecule has 19 heavy (non-hydrogen) atoms. The molecule has 1 fully saturated rings. The van der Waals surface area contributed by atoms with Crippen molar-refractivity contribution < 1.29 is 4.79 Å². The molecule has 1 aromatic heterocycles. The highest BCUT2D eigenvalue weighted by Gasteiger charge is 2.30. The smallest absolute Gasteiger partial charge is 0.250 e. The molecule has 0 unspecified atom stereocenters. The molecule has 1 aliphatic heterocycles. The number of hydrogen-bond acceptors (Lipinski definition) is 4. The third-order valence-electron chi connectivity index (χ3n) is 3.89. The molecule has 0 aliphatic carbocycles.